The molecule has 9 heteroatoms. The molecule has 1 heterocycles. The first-order chi connectivity index (χ1) is 9.81. The Morgan fingerprint density at radius 2 is 2.14 bits per heavy atom. The summed E-state index contributed by atoms with van der Waals surface area (Å²) in [6.45, 7) is -0.105. The minimum absolute atomic E-state index is 0.105. The number of alkyl halides is 3. The molecule has 0 aliphatic heterocycles. The van der Waals surface area contributed by atoms with Crippen LogP contribution in [0.4, 0.5) is 19.0 Å². The van der Waals surface area contributed by atoms with Crippen molar-refractivity contribution in [3.05, 3.63) is 57.3 Å². The molecule has 6 nitrogen and oxygen atoms in total. The van der Waals surface area contributed by atoms with Gasteiger partial charge in [0.05, 0.1) is 23.4 Å². The van der Waals surface area contributed by atoms with Crippen LogP contribution in [0, 0.1) is 21.4 Å². The first-order valence-electron chi connectivity index (χ1n) is 5.59. The highest BCUT2D eigenvalue weighted by molar-refractivity contribution is 5.41. The molecule has 21 heavy (non-hydrogen) atoms. The fourth-order valence-corrected chi connectivity index (χ4v) is 1.74. The van der Waals surface area contributed by atoms with E-state index in [2.05, 4.69) is 5.10 Å². The van der Waals surface area contributed by atoms with Crippen molar-refractivity contribution in [1.82, 2.24) is 9.78 Å². The van der Waals surface area contributed by atoms with Gasteiger partial charge in [-0.05, 0) is 22.6 Å². The number of nitro groups is 1. The quantitative estimate of drug-likeness (QED) is 0.644. The molecule has 0 bridgehead atoms. The van der Waals surface area contributed by atoms with Gasteiger partial charge in [0, 0.05) is 0 Å². The van der Waals surface area contributed by atoms with Crippen molar-refractivity contribution in [3.8, 4) is 6.07 Å². The average molecular weight is 296 g/mol. The van der Waals surface area contributed by atoms with E-state index in [0.29, 0.717) is 0 Å². The molecule has 0 radical (unpaired) electrons. The Morgan fingerprint density at radius 3 is 2.67 bits per heavy atom. The number of rotatable bonds is 3. The zero-order valence-electron chi connectivity index (χ0n) is 10.3. The lowest BCUT2D eigenvalue weighted by molar-refractivity contribution is -0.390. The molecule has 0 amide bonds. The molecule has 1 aromatic heterocycles. The van der Waals surface area contributed by atoms with Gasteiger partial charge >= 0.3 is 12.0 Å². The fraction of sp³-hybridized carbons (Fsp3) is 0.167. The van der Waals surface area contributed by atoms with Gasteiger partial charge in [0.2, 0.25) is 0 Å². The standard InChI is InChI=1S/C12H7F3N4O2/c13-12(14,15)10-3-1-2-8(4-10)6-18-7-9(5-16)11(17-18)19(20)21/h1-4,7H,6H2. The second kappa shape index (κ2) is 5.24. The number of benzene rings is 1. The third kappa shape index (κ3) is 3.17. The maximum atomic E-state index is 12.6. The molecule has 0 unspecified atom stereocenters. The lowest BCUT2D eigenvalue weighted by Crippen LogP contribution is -2.07. The summed E-state index contributed by atoms with van der Waals surface area (Å²) in [5, 5.41) is 23.0. The second-order valence-corrected chi connectivity index (χ2v) is 4.13. The van der Waals surface area contributed by atoms with Crippen molar-refractivity contribution < 1.29 is 18.1 Å². The van der Waals surface area contributed by atoms with E-state index in [1.807, 2.05) is 0 Å². The third-order valence-electron chi connectivity index (χ3n) is 2.63. The Hall–Kier alpha value is -2.89. The van der Waals surface area contributed by atoms with Crippen molar-refractivity contribution in [2.75, 3.05) is 0 Å². The molecule has 2 rings (SSSR count). The van der Waals surface area contributed by atoms with Crippen LogP contribution in [0.3, 0.4) is 0 Å². The molecule has 0 aliphatic carbocycles. The Kier molecular flexibility index (Phi) is 3.62. The van der Waals surface area contributed by atoms with Crippen LogP contribution >= 0.6 is 0 Å². The van der Waals surface area contributed by atoms with Crippen molar-refractivity contribution in [3.63, 3.8) is 0 Å². The third-order valence-corrected chi connectivity index (χ3v) is 2.63. The average Bonchev–Trinajstić information content (AvgIpc) is 2.81. The van der Waals surface area contributed by atoms with Gasteiger partial charge in [0.15, 0.2) is 5.56 Å². The molecule has 1 aromatic carbocycles. The summed E-state index contributed by atoms with van der Waals surface area (Å²) in [7, 11) is 0. The highest BCUT2D eigenvalue weighted by Crippen LogP contribution is 2.29. The summed E-state index contributed by atoms with van der Waals surface area (Å²) in [6.07, 6.45) is -3.34. The number of halogens is 3. The Balaban J connectivity index is 2.31. The van der Waals surface area contributed by atoms with Gasteiger partial charge in [0.1, 0.15) is 6.07 Å². The molecule has 0 atom stereocenters. The minimum Gasteiger partial charge on any atom is -0.358 e. The van der Waals surface area contributed by atoms with Crippen LogP contribution in [0.1, 0.15) is 16.7 Å². The van der Waals surface area contributed by atoms with Crippen LogP contribution < -0.4 is 0 Å². The van der Waals surface area contributed by atoms with Crippen LogP contribution in [0.5, 0.6) is 0 Å². The SMILES string of the molecule is N#Cc1cn(Cc2cccc(C(F)(F)F)c2)nc1[N+](=O)[O-]. The summed E-state index contributed by atoms with van der Waals surface area (Å²) < 4.78 is 38.8. The van der Waals surface area contributed by atoms with Gasteiger partial charge in [-0.15, -0.1) is 0 Å². The molecule has 0 N–H and O–H groups in total. The lowest BCUT2D eigenvalue weighted by Gasteiger charge is -2.07. The molecule has 0 aliphatic rings. The largest absolute Gasteiger partial charge is 0.416 e. The molecular weight excluding hydrogens is 289 g/mol. The highest BCUT2D eigenvalue weighted by atomic mass is 19.4. The minimum atomic E-state index is -4.47. The molecule has 0 saturated carbocycles. The topological polar surface area (TPSA) is 84.8 Å². The zero-order valence-corrected chi connectivity index (χ0v) is 10.3. The van der Waals surface area contributed by atoms with E-state index in [4.69, 9.17) is 5.26 Å². The molecule has 0 fully saturated rings. The fourth-order valence-electron chi connectivity index (χ4n) is 1.74. The Labute approximate surface area is 116 Å². The summed E-state index contributed by atoms with van der Waals surface area (Å²) >= 11 is 0. The van der Waals surface area contributed by atoms with E-state index in [-0.39, 0.29) is 17.7 Å². The molecule has 0 saturated heterocycles. The zero-order chi connectivity index (χ0) is 15.6. The van der Waals surface area contributed by atoms with Crippen LogP contribution in [-0.4, -0.2) is 14.7 Å². The molecule has 108 valence electrons. The monoisotopic (exact) mass is 296 g/mol. The van der Waals surface area contributed by atoms with Crippen molar-refractivity contribution in [1.29, 1.82) is 5.26 Å². The van der Waals surface area contributed by atoms with Gasteiger partial charge in [-0.25, -0.2) is 0 Å². The second-order valence-electron chi connectivity index (χ2n) is 4.13. The lowest BCUT2D eigenvalue weighted by atomic mass is 10.1. The maximum absolute atomic E-state index is 12.6. The first-order valence-corrected chi connectivity index (χ1v) is 5.59. The predicted octanol–water partition coefficient (Wildman–Crippen LogP) is 2.73. The normalized spacial score (nSPS) is 11.1. The van der Waals surface area contributed by atoms with Gasteiger partial charge in [-0.2, -0.15) is 23.1 Å². The smallest absolute Gasteiger partial charge is 0.358 e. The van der Waals surface area contributed by atoms with Crippen molar-refractivity contribution in [2.45, 2.75) is 12.7 Å². The highest BCUT2D eigenvalue weighted by Gasteiger charge is 2.30. The van der Waals surface area contributed by atoms with E-state index >= 15 is 0 Å². The first kappa shape index (κ1) is 14.5. The maximum Gasteiger partial charge on any atom is 0.416 e. The molecule has 2 aromatic rings. The van der Waals surface area contributed by atoms with Gasteiger partial charge in [-0.1, -0.05) is 12.1 Å². The van der Waals surface area contributed by atoms with Gasteiger partial charge < -0.3 is 10.1 Å². The van der Waals surface area contributed by atoms with E-state index in [9.17, 15) is 23.3 Å². The van der Waals surface area contributed by atoms with Gasteiger partial charge in [-0.3, -0.25) is 0 Å². The summed E-state index contributed by atoms with van der Waals surface area (Å²) in [4.78, 5) is 9.84. The van der Waals surface area contributed by atoms with Gasteiger partial charge in [0.25, 0.3) is 0 Å². The summed E-state index contributed by atoms with van der Waals surface area (Å²) in [6, 6.07) is 6.15. The predicted molar refractivity (Wildman–Crippen MR) is 64.1 cm³/mol. The van der Waals surface area contributed by atoms with E-state index in [1.165, 1.54) is 12.1 Å². The molecular formula is C12H7F3N4O2. The van der Waals surface area contributed by atoms with Crippen LogP contribution in [0.2, 0.25) is 0 Å². The summed E-state index contributed by atoms with van der Waals surface area (Å²) in [5.74, 6) is -0.621. The number of hydrogen-bond acceptors (Lipinski definition) is 4. The number of nitrogens with zero attached hydrogens (tertiary/aromatic N) is 4. The van der Waals surface area contributed by atoms with E-state index in [0.717, 1.165) is 23.0 Å². The number of nitriles is 1. The van der Waals surface area contributed by atoms with E-state index < -0.39 is 22.5 Å². The van der Waals surface area contributed by atoms with Crippen molar-refractivity contribution >= 4 is 5.82 Å². The van der Waals surface area contributed by atoms with Crippen LogP contribution in [-0.2, 0) is 12.7 Å². The number of hydrogen-bond donors (Lipinski definition) is 0. The van der Waals surface area contributed by atoms with Crippen molar-refractivity contribution in [2.24, 2.45) is 0 Å². The Morgan fingerprint density at radius 1 is 1.43 bits per heavy atom. The molecule has 0 spiro atoms. The Bertz CT molecular complexity index is 731. The van der Waals surface area contributed by atoms with Crippen LogP contribution in [0.25, 0.3) is 0 Å². The summed E-state index contributed by atoms with van der Waals surface area (Å²) in [5.41, 5.74) is -0.791. The number of aromatic nitrogens is 2. The van der Waals surface area contributed by atoms with Crippen LogP contribution in [0.15, 0.2) is 30.5 Å². The van der Waals surface area contributed by atoms with E-state index in [1.54, 1.807) is 6.07 Å².